The van der Waals surface area contributed by atoms with Crippen molar-refractivity contribution in [1.82, 2.24) is 9.88 Å². The van der Waals surface area contributed by atoms with Gasteiger partial charge in [0.25, 0.3) is 5.24 Å². The summed E-state index contributed by atoms with van der Waals surface area (Å²) in [6.45, 7) is 0.831. The summed E-state index contributed by atoms with van der Waals surface area (Å²) in [5.74, 6) is 0. The van der Waals surface area contributed by atoms with Crippen LogP contribution in [0.1, 0.15) is 11.1 Å². The maximum Gasteiger partial charge on any atom is 0.287 e. The minimum absolute atomic E-state index is 0.0956. The first-order chi connectivity index (χ1) is 11.7. The van der Waals surface area contributed by atoms with Gasteiger partial charge in [0.05, 0.1) is 0 Å². The standard InChI is InChI=1S/C19H16N2O2S/c22-18-16(20-19(23)24-18)11-14-6-7-17-15(10-14)8-9-21(17)12-13-4-2-1-3-5-13/h1-10,16H,11-12H2,(H,20,23). The van der Waals surface area contributed by atoms with E-state index < -0.39 is 6.04 Å². The predicted molar refractivity (Wildman–Crippen MR) is 96.1 cm³/mol. The summed E-state index contributed by atoms with van der Waals surface area (Å²) in [5.41, 5.74) is 3.48. The number of amides is 1. The zero-order valence-corrected chi connectivity index (χ0v) is 13.8. The van der Waals surface area contributed by atoms with Crippen LogP contribution in [0.4, 0.5) is 4.79 Å². The van der Waals surface area contributed by atoms with Gasteiger partial charge in [0, 0.05) is 36.4 Å². The molecule has 0 saturated carbocycles. The van der Waals surface area contributed by atoms with E-state index in [-0.39, 0.29) is 10.4 Å². The van der Waals surface area contributed by atoms with Gasteiger partial charge < -0.3 is 9.88 Å². The Morgan fingerprint density at radius 3 is 2.58 bits per heavy atom. The molecule has 1 aliphatic heterocycles. The van der Waals surface area contributed by atoms with Crippen molar-refractivity contribution < 1.29 is 9.59 Å². The van der Waals surface area contributed by atoms with Crippen LogP contribution in [0.3, 0.4) is 0 Å². The van der Waals surface area contributed by atoms with Crippen molar-refractivity contribution in [2.24, 2.45) is 0 Å². The predicted octanol–water partition coefficient (Wildman–Crippen LogP) is 3.58. The number of rotatable bonds is 4. The number of fused-ring (bicyclic) bond motifs is 1. The number of aromatic nitrogens is 1. The molecule has 0 aliphatic carbocycles. The minimum atomic E-state index is -0.411. The highest BCUT2D eigenvalue weighted by Gasteiger charge is 2.31. The largest absolute Gasteiger partial charge is 0.343 e. The first kappa shape index (κ1) is 15.0. The molecule has 4 nitrogen and oxygen atoms in total. The average molecular weight is 336 g/mol. The zero-order valence-electron chi connectivity index (χ0n) is 12.9. The van der Waals surface area contributed by atoms with Crippen molar-refractivity contribution in [3.63, 3.8) is 0 Å². The molecule has 0 bridgehead atoms. The molecule has 3 aromatic rings. The van der Waals surface area contributed by atoms with Crippen LogP contribution >= 0.6 is 11.8 Å². The topological polar surface area (TPSA) is 51.1 Å². The maximum absolute atomic E-state index is 11.7. The third-order valence-electron chi connectivity index (χ3n) is 4.24. The highest BCUT2D eigenvalue weighted by Crippen LogP contribution is 2.23. The summed E-state index contributed by atoms with van der Waals surface area (Å²) in [6.07, 6.45) is 2.62. The van der Waals surface area contributed by atoms with Gasteiger partial charge in [-0.25, -0.2) is 0 Å². The van der Waals surface area contributed by atoms with Crippen LogP contribution in [-0.2, 0) is 17.8 Å². The van der Waals surface area contributed by atoms with Crippen LogP contribution in [0.25, 0.3) is 10.9 Å². The van der Waals surface area contributed by atoms with Gasteiger partial charge in [-0.1, -0.05) is 36.4 Å². The maximum atomic E-state index is 11.7. The number of carbonyl (C=O) groups is 2. The molecule has 1 aliphatic rings. The van der Waals surface area contributed by atoms with E-state index in [9.17, 15) is 9.59 Å². The second-order valence-electron chi connectivity index (χ2n) is 5.93. The molecule has 4 rings (SSSR count). The second-order valence-corrected chi connectivity index (χ2v) is 6.91. The van der Waals surface area contributed by atoms with Crippen LogP contribution < -0.4 is 5.32 Å². The molecule has 5 heteroatoms. The monoisotopic (exact) mass is 336 g/mol. The number of benzene rings is 2. The molecule has 2 aromatic carbocycles. The summed E-state index contributed by atoms with van der Waals surface area (Å²) in [5, 5.41) is 3.51. The third-order valence-corrected chi connectivity index (χ3v) is 5.03. The highest BCUT2D eigenvalue weighted by atomic mass is 32.2. The minimum Gasteiger partial charge on any atom is -0.343 e. The first-order valence-electron chi connectivity index (χ1n) is 7.83. The van der Waals surface area contributed by atoms with Gasteiger partial charge in [0.1, 0.15) is 6.04 Å². The van der Waals surface area contributed by atoms with Crippen molar-refractivity contribution in [3.05, 3.63) is 71.9 Å². The molecule has 1 atom stereocenters. The Morgan fingerprint density at radius 1 is 1.00 bits per heavy atom. The Bertz CT molecular complexity index is 918. The number of thioether (sulfide) groups is 1. The molecule has 1 amide bonds. The van der Waals surface area contributed by atoms with E-state index in [1.807, 2.05) is 24.3 Å². The lowest BCUT2D eigenvalue weighted by molar-refractivity contribution is -0.112. The first-order valence-corrected chi connectivity index (χ1v) is 8.64. The average Bonchev–Trinajstić information content (AvgIpc) is 3.11. The molecule has 120 valence electrons. The molecular formula is C19H16N2O2S. The van der Waals surface area contributed by atoms with Gasteiger partial charge in [-0.2, -0.15) is 0 Å². The molecule has 0 radical (unpaired) electrons. The number of carbonyl (C=O) groups excluding carboxylic acids is 2. The van der Waals surface area contributed by atoms with Crippen molar-refractivity contribution >= 4 is 33.0 Å². The van der Waals surface area contributed by atoms with Gasteiger partial charge in [-0.05, 0) is 34.7 Å². The molecule has 1 fully saturated rings. The van der Waals surface area contributed by atoms with Crippen molar-refractivity contribution in [3.8, 4) is 0 Å². The smallest absolute Gasteiger partial charge is 0.287 e. The van der Waals surface area contributed by atoms with E-state index in [1.165, 1.54) is 11.1 Å². The van der Waals surface area contributed by atoms with E-state index in [0.717, 1.165) is 29.3 Å². The van der Waals surface area contributed by atoms with E-state index in [4.69, 9.17) is 0 Å². The van der Waals surface area contributed by atoms with Crippen molar-refractivity contribution in [1.29, 1.82) is 0 Å². The quantitative estimate of drug-likeness (QED) is 0.792. The van der Waals surface area contributed by atoms with E-state index >= 15 is 0 Å². The SMILES string of the molecule is O=C1NC(Cc2ccc3c(ccn3Cc3ccccc3)c2)C(=O)S1. The summed E-state index contributed by atoms with van der Waals surface area (Å²) in [7, 11) is 0. The Labute approximate surface area is 143 Å². The van der Waals surface area contributed by atoms with Crippen LogP contribution in [0.2, 0.25) is 0 Å². The van der Waals surface area contributed by atoms with Crippen molar-refractivity contribution in [2.75, 3.05) is 0 Å². The molecule has 1 N–H and O–H groups in total. The third kappa shape index (κ3) is 2.95. The van der Waals surface area contributed by atoms with Crippen LogP contribution in [0, 0.1) is 0 Å². The van der Waals surface area contributed by atoms with E-state index in [2.05, 4.69) is 46.4 Å². The Hall–Kier alpha value is -2.53. The van der Waals surface area contributed by atoms with Gasteiger partial charge in [0.15, 0.2) is 0 Å². The highest BCUT2D eigenvalue weighted by molar-refractivity contribution is 8.26. The van der Waals surface area contributed by atoms with E-state index in [0.29, 0.717) is 6.42 Å². The Balaban J connectivity index is 1.56. The van der Waals surface area contributed by atoms with Crippen LogP contribution in [0.15, 0.2) is 60.8 Å². The fraction of sp³-hybridized carbons (Fsp3) is 0.158. The van der Waals surface area contributed by atoms with Crippen molar-refractivity contribution in [2.45, 2.75) is 19.0 Å². The summed E-state index contributed by atoms with van der Waals surface area (Å²) < 4.78 is 2.22. The van der Waals surface area contributed by atoms with Gasteiger partial charge in [0.2, 0.25) is 5.12 Å². The molecule has 24 heavy (non-hydrogen) atoms. The van der Waals surface area contributed by atoms with Gasteiger partial charge >= 0.3 is 0 Å². The molecule has 2 heterocycles. The summed E-state index contributed by atoms with van der Waals surface area (Å²) in [4.78, 5) is 23.0. The summed E-state index contributed by atoms with van der Waals surface area (Å²) >= 11 is 0.764. The normalized spacial score (nSPS) is 17.4. The lowest BCUT2D eigenvalue weighted by atomic mass is 10.1. The zero-order chi connectivity index (χ0) is 16.5. The lowest BCUT2D eigenvalue weighted by Gasteiger charge is -2.09. The number of hydrogen-bond acceptors (Lipinski definition) is 3. The van der Waals surface area contributed by atoms with Gasteiger partial charge in [-0.15, -0.1) is 0 Å². The second kappa shape index (κ2) is 6.17. The Kier molecular flexibility index (Phi) is 3.86. The van der Waals surface area contributed by atoms with Gasteiger partial charge in [-0.3, -0.25) is 9.59 Å². The van der Waals surface area contributed by atoms with Crippen LogP contribution in [-0.4, -0.2) is 21.0 Å². The Morgan fingerprint density at radius 2 is 1.83 bits per heavy atom. The molecule has 1 saturated heterocycles. The number of nitrogens with one attached hydrogen (secondary N) is 1. The fourth-order valence-corrected chi connectivity index (χ4v) is 3.73. The lowest BCUT2D eigenvalue weighted by Crippen LogP contribution is -2.30. The van der Waals surface area contributed by atoms with E-state index in [1.54, 1.807) is 0 Å². The molecule has 1 aromatic heterocycles. The molecule has 1 unspecified atom stereocenters. The molecule has 0 spiro atoms. The number of hydrogen-bond donors (Lipinski definition) is 1. The fourth-order valence-electron chi connectivity index (χ4n) is 3.06. The number of nitrogens with zero attached hydrogens (tertiary/aromatic N) is 1. The van der Waals surface area contributed by atoms with Crippen LogP contribution in [0.5, 0.6) is 0 Å². The summed E-state index contributed by atoms with van der Waals surface area (Å²) in [6, 6.07) is 18.2. The molecular weight excluding hydrogens is 320 g/mol.